The second-order valence-corrected chi connectivity index (χ2v) is 8.70. The van der Waals surface area contributed by atoms with E-state index in [4.69, 9.17) is 37.1 Å². The van der Waals surface area contributed by atoms with Crippen molar-refractivity contribution in [3.05, 3.63) is 92.1 Å². The number of aryl methyl sites for hydroxylation is 1. The van der Waals surface area contributed by atoms with Crippen LogP contribution in [0.3, 0.4) is 0 Å². The first-order valence-corrected chi connectivity index (χ1v) is 11.7. The summed E-state index contributed by atoms with van der Waals surface area (Å²) < 4.78 is 16.7. The monoisotopic (exact) mass is 525 g/mol. The van der Waals surface area contributed by atoms with Crippen LogP contribution in [-0.2, 0) is 9.53 Å². The second-order valence-electron chi connectivity index (χ2n) is 7.86. The summed E-state index contributed by atoms with van der Waals surface area (Å²) in [6, 6.07) is 16.5. The molecule has 36 heavy (non-hydrogen) atoms. The van der Waals surface area contributed by atoms with Crippen LogP contribution in [0.1, 0.15) is 22.8 Å². The average molecular weight is 526 g/mol. The Morgan fingerprint density at radius 2 is 1.78 bits per heavy atom. The van der Waals surface area contributed by atoms with Crippen LogP contribution in [0, 0.1) is 6.92 Å². The van der Waals surface area contributed by atoms with E-state index in [2.05, 4.69) is 5.32 Å². The van der Waals surface area contributed by atoms with Crippen LogP contribution in [0.2, 0.25) is 10.0 Å². The summed E-state index contributed by atoms with van der Waals surface area (Å²) in [6.45, 7) is 3.37. The molecule has 0 radical (unpaired) electrons. The Hall–Kier alpha value is -3.81. The van der Waals surface area contributed by atoms with Gasteiger partial charge >= 0.3 is 5.97 Å². The van der Waals surface area contributed by atoms with Gasteiger partial charge in [-0.2, -0.15) is 0 Å². The smallest absolute Gasteiger partial charge is 0.338 e. The van der Waals surface area contributed by atoms with Crippen LogP contribution in [0.5, 0.6) is 5.75 Å². The summed E-state index contributed by atoms with van der Waals surface area (Å²) in [5.74, 6) is -1.07. The average Bonchev–Trinajstić information content (AvgIpc) is 2.84. The van der Waals surface area contributed by atoms with Gasteiger partial charge in [0.15, 0.2) is 18.0 Å². The van der Waals surface area contributed by atoms with Crippen LogP contribution in [-0.4, -0.2) is 25.1 Å². The number of amides is 1. The minimum Gasteiger partial charge on any atom is -0.476 e. The first kappa shape index (κ1) is 25.3. The van der Waals surface area contributed by atoms with E-state index in [0.29, 0.717) is 16.8 Å². The maximum atomic E-state index is 13.4. The molecule has 0 aliphatic rings. The third-order valence-electron chi connectivity index (χ3n) is 5.19. The van der Waals surface area contributed by atoms with E-state index in [-0.39, 0.29) is 39.1 Å². The standard InChI is InChI=1S/C27H21Cl2NO6/c1-3-34-27(33)17-5-4-6-19(11-17)30-22(31)14-35-26-23(32)20-12-18(28)13-21(29)25(20)36-24(26)16-9-7-15(2)8-10-16/h4-13H,3,14H2,1-2H3,(H,30,31). The van der Waals surface area contributed by atoms with Crippen molar-refractivity contribution in [1.29, 1.82) is 0 Å². The van der Waals surface area contributed by atoms with Gasteiger partial charge in [0.1, 0.15) is 0 Å². The fourth-order valence-electron chi connectivity index (χ4n) is 3.51. The van der Waals surface area contributed by atoms with Crippen molar-refractivity contribution < 1.29 is 23.5 Å². The maximum absolute atomic E-state index is 13.4. The van der Waals surface area contributed by atoms with Gasteiger partial charge in [-0.15, -0.1) is 0 Å². The number of hydrogen-bond acceptors (Lipinski definition) is 6. The Balaban J connectivity index is 1.65. The molecular weight excluding hydrogens is 505 g/mol. The summed E-state index contributed by atoms with van der Waals surface area (Å²) in [5, 5.41) is 3.20. The van der Waals surface area contributed by atoms with E-state index in [1.54, 1.807) is 37.3 Å². The molecule has 1 aromatic heterocycles. The summed E-state index contributed by atoms with van der Waals surface area (Å²) in [5.41, 5.74) is 1.89. The third-order valence-corrected chi connectivity index (χ3v) is 5.69. The lowest BCUT2D eigenvalue weighted by Crippen LogP contribution is -2.23. The molecule has 0 aliphatic carbocycles. The lowest BCUT2D eigenvalue weighted by atomic mass is 10.1. The number of halogens is 2. The van der Waals surface area contributed by atoms with Gasteiger partial charge in [-0.1, -0.05) is 59.1 Å². The number of nitrogens with one attached hydrogen (secondary N) is 1. The Labute approximate surface area is 216 Å². The van der Waals surface area contributed by atoms with Crippen molar-refractivity contribution in [2.75, 3.05) is 18.5 Å². The molecule has 0 saturated carbocycles. The van der Waals surface area contributed by atoms with Gasteiger partial charge in [0.25, 0.3) is 5.91 Å². The van der Waals surface area contributed by atoms with E-state index in [1.165, 1.54) is 18.2 Å². The number of fused-ring (bicyclic) bond motifs is 1. The molecule has 4 aromatic rings. The van der Waals surface area contributed by atoms with Gasteiger partial charge in [0, 0.05) is 16.3 Å². The lowest BCUT2D eigenvalue weighted by Gasteiger charge is -2.13. The predicted octanol–water partition coefficient (Wildman–Crippen LogP) is 6.27. The molecule has 0 unspecified atom stereocenters. The molecule has 7 nitrogen and oxygen atoms in total. The molecule has 1 heterocycles. The molecule has 3 aromatic carbocycles. The molecule has 0 spiro atoms. The lowest BCUT2D eigenvalue weighted by molar-refractivity contribution is -0.118. The molecule has 9 heteroatoms. The molecule has 0 bridgehead atoms. The van der Waals surface area contributed by atoms with Crippen molar-refractivity contribution in [3.63, 3.8) is 0 Å². The Morgan fingerprint density at radius 1 is 1.03 bits per heavy atom. The Morgan fingerprint density at radius 3 is 2.50 bits per heavy atom. The van der Waals surface area contributed by atoms with Gasteiger partial charge in [0.2, 0.25) is 11.2 Å². The molecule has 1 N–H and O–H groups in total. The fourth-order valence-corrected chi connectivity index (χ4v) is 4.04. The molecule has 0 saturated heterocycles. The Kier molecular flexibility index (Phi) is 7.62. The highest BCUT2D eigenvalue weighted by Crippen LogP contribution is 2.35. The quantitative estimate of drug-likeness (QED) is 0.285. The van der Waals surface area contributed by atoms with Gasteiger partial charge in [-0.05, 0) is 44.2 Å². The summed E-state index contributed by atoms with van der Waals surface area (Å²) >= 11 is 12.4. The zero-order valence-electron chi connectivity index (χ0n) is 19.4. The van der Waals surface area contributed by atoms with Crippen LogP contribution >= 0.6 is 23.2 Å². The molecule has 0 atom stereocenters. The van der Waals surface area contributed by atoms with Gasteiger partial charge in [-0.25, -0.2) is 4.79 Å². The first-order chi connectivity index (χ1) is 17.3. The normalized spacial score (nSPS) is 10.8. The van der Waals surface area contributed by atoms with E-state index in [0.717, 1.165) is 5.56 Å². The van der Waals surface area contributed by atoms with Gasteiger partial charge < -0.3 is 19.2 Å². The van der Waals surface area contributed by atoms with E-state index in [9.17, 15) is 14.4 Å². The summed E-state index contributed by atoms with van der Waals surface area (Å²) in [7, 11) is 0. The number of ether oxygens (including phenoxy) is 2. The summed E-state index contributed by atoms with van der Waals surface area (Å²) in [4.78, 5) is 38.0. The SMILES string of the molecule is CCOC(=O)c1cccc(NC(=O)COc2c(-c3ccc(C)cc3)oc3c(Cl)cc(Cl)cc3c2=O)c1. The van der Waals surface area contributed by atoms with E-state index in [1.807, 2.05) is 19.1 Å². The number of hydrogen-bond donors (Lipinski definition) is 1. The largest absolute Gasteiger partial charge is 0.476 e. The predicted molar refractivity (Wildman–Crippen MR) is 139 cm³/mol. The number of carbonyl (C=O) groups excluding carboxylic acids is 2. The molecule has 1 amide bonds. The minimum atomic E-state index is -0.547. The zero-order chi connectivity index (χ0) is 25.8. The van der Waals surface area contributed by atoms with Crippen molar-refractivity contribution in [3.8, 4) is 17.1 Å². The number of carbonyl (C=O) groups is 2. The highest BCUT2D eigenvalue weighted by atomic mass is 35.5. The minimum absolute atomic E-state index is 0.126. The molecule has 184 valence electrons. The highest BCUT2D eigenvalue weighted by Gasteiger charge is 2.21. The second kappa shape index (κ2) is 10.8. The van der Waals surface area contributed by atoms with Crippen molar-refractivity contribution in [2.24, 2.45) is 0 Å². The van der Waals surface area contributed by atoms with Crippen LogP contribution < -0.4 is 15.5 Å². The van der Waals surface area contributed by atoms with Crippen LogP contribution in [0.4, 0.5) is 5.69 Å². The number of anilines is 1. The molecular formula is C27H21Cl2NO6. The summed E-state index contributed by atoms with van der Waals surface area (Å²) in [6.07, 6.45) is 0. The van der Waals surface area contributed by atoms with Crippen LogP contribution in [0.15, 0.2) is 69.9 Å². The number of rotatable bonds is 7. The van der Waals surface area contributed by atoms with Crippen molar-refractivity contribution in [2.45, 2.75) is 13.8 Å². The highest BCUT2D eigenvalue weighted by molar-refractivity contribution is 6.38. The zero-order valence-corrected chi connectivity index (χ0v) is 20.9. The topological polar surface area (TPSA) is 94.8 Å². The molecule has 0 aliphatic heterocycles. The van der Waals surface area contributed by atoms with Gasteiger partial charge in [0.05, 0.1) is 22.6 Å². The Bertz CT molecular complexity index is 1510. The third kappa shape index (κ3) is 5.53. The molecule has 4 rings (SSSR count). The maximum Gasteiger partial charge on any atom is 0.338 e. The van der Waals surface area contributed by atoms with Crippen molar-refractivity contribution in [1.82, 2.24) is 0 Å². The fraction of sp³-hybridized carbons (Fsp3) is 0.148. The molecule has 0 fully saturated rings. The number of esters is 1. The van der Waals surface area contributed by atoms with Crippen molar-refractivity contribution >= 4 is 51.7 Å². The van der Waals surface area contributed by atoms with Crippen LogP contribution in [0.25, 0.3) is 22.3 Å². The first-order valence-electron chi connectivity index (χ1n) is 11.0. The number of benzene rings is 3. The van der Waals surface area contributed by atoms with E-state index >= 15 is 0 Å². The van der Waals surface area contributed by atoms with Gasteiger partial charge in [-0.3, -0.25) is 9.59 Å². The van der Waals surface area contributed by atoms with E-state index < -0.39 is 23.9 Å².